The Labute approximate surface area is 136 Å². The van der Waals surface area contributed by atoms with Gasteiger partial charge in [0, 0.05) is 10.6 Å². The summed E-state index contributed by atoms with van der Waals surface area (Å²) in [6.07, 6.45) is 0. The van der Waals surface area contributed by atoms with Crippen molar-refractivity contribution in [3.63, 3.8) is 0 Å². The highest BCUT2D eigenvalue weighted by molar-refractivity contribution is 14.1. The molecular weight excluding hydrogens is 383 g/mol. The second-order valence-electron chi connectivity index (χ2n) is 4.81. The minimum Gasteiger partial charge on any atom is -0.172 e. The van der Waals surface area contributed by atoms with E-state index in [1.807, 2.05) is 42.5 Å². The van der Waals surface area contributed by atoms with Gasteiger partial charge in [0.2, 0.25) is 0 Å². The summed E-state index contributed by atoms with van der Waals surface area (Å²) in [6.45, 7) is 2.08. The van der Waals surface area contributed by atoms with E-state index in [1.165, 1.54) is 0 Å². The molecule has 1 heterocycles. The third kappa shape index (κ3) is 2.29. The van der Waals surface area contributed by atoms with E-state index in [0.717, 1.165) is 25.4 Å². The fourth-order valence-electron chi connectivity index (χ4n) is 2.21. The molecule has 100 valence electrons. The molecule has 1 aliphatic heterocycles. The van der Waals surface area contributed by atoms with E-state index in [2.05, 4.69) is 51.9 Å². The Morgan fingerprint density at radius 2 is 1.65 bits per heavy atom. The summed E-state index contributed by atoms with van der Waals surface area (Å²) in [4.78, 5) is 0. The SMILES string of the molecule is CC1(c2ccc(Cl)cc2)N=NC(c2ccccc2)=C1I. The van der Waals surface area contributed by atoms with Gasteiger partial charge in [-0.15, -0.1) is 0 Å². The molecule has 0 bridgehead atoms. The van der Waals surface area contributed by atoms with Crippen LogP contribution in [0.5, 0.6) is 0 Å². The highest BCUT2D eigenvalue weighted by Gasteiger charge is 2.36. The van der Waals surface area contributed by atoms with Crippen molar-refractivity contribution in [1.82, 2.24) is 0 Å². The molecule has 1 aliphatic rings. The first-order chi connectivity index (χ1) is 9.61. The zero-order valence-electron chi connectivity index (χ0n) is 10.8. The molecule has 2 aromatic carbocycles. The van der Waals surface area contributed by atoms with Crippen LogP contribution in [0.3, 0.4) is 0 Å². The standard InChI is InChI=1S/C16H12ClIN2/c1-16(12-7-9-13(17)10-8-12)15(18)14(19-20-16)11-5-3-2-4-6-11/h2-10H,1H3. The maximum atomic E-state index is 5.96. The second kappa shape index (κ2) is 5.30. The molecule has 1 unspecified atom stereocenters. The quantitative estimate of drug-likeness (QED) is 0.573. The van der Waals surface area contributed by atoms with E-state index < -0.39 is 5.54 Å². The van der Waals surface area contributed by atoms with Gasteiger partial charge in [0.05, 0.1) is 3.58 Å². The van der Waals surface area contributed by atoms with E-state index in [4.69, 9.17) is 11.6 Å². The number of rotatable bonds is 2. The summed E-state index contributed by atoms with van der Waals surface area (Å²) in [6, 6.07) is 17.9. The Balaban J connectivity index is 2.07. The molecule has 0 saturated carbocycles. The van der Waals surface area contributed by atoms with Crippen molar-refractivity contribution < 1.29 is 0 Å². The molecule has 0 fully saturated rings. The van der Waals surface area contributed by atoms with Crippen LogP contribution in [0, 0.1) is 0 Å². The van der Waals surface area contributed by atoms with Gasteiger partial charge in [0.25, 0.3) is 0 Å². The van der Waals surface area contributed by atoms with Crippen molar-refractivity contribution >= 4 is 39.9 Å². The molecule has 3 rings (SSSR count). The maximum absolute atomic E-state index is 5.96. The van der Waals surface area contributed by atoms with Crippen molar-refractivity contribution in [1.29, 1.82) is 0 Å². The lowest BCUT2D eigenvalue weighted by atomic mass is 9.92. The normalized spacial score (nSPS) is 21.6. The van der Waals surface area contributed by atoms with Crippen molar-refractivity contribution in [2.75, 3.05) is 0 Å². The van der Waals surface area contributed by atoms with Crippen LogP contribution in [0.4, 0.5) is 0 Å². The van der Waals surface area contributed by atoms with Crippen LogP contribution in [0.2, 0.25) is 5.02 Å². The van der Waals surface area contributed by atoms with Crippen LogP contribution in [-0.2, 0) is 5.54 Å². The van der Waals surface area contributed by atoms with Gasteiger partial charge < -0.3 is 0 Å². The molecule has 20 heavy (non-hydrogen) atoms. The third-order valence-corrected chi connectivity index (χ3v) is 5.25. The van der Waals surface area contributed by atoms with E-state index in [-0.39, 0.29) is 0 Å². The Bertz CT molecular complexity index is 692. The fraction of sp³-hybridized carbons (Fsp3) is 0.125. The number of nitrogens with zero attached hydrogens (tertiary/aromatic N) is 2. The second-order valence-corrected chi connectivity index (χ2v) is 6.32. The van der Waals surface area contributed by atoms with Crippen LogP contribution >= 0.6 is 34.2 Å². The lowest BCUT2D eigenvalue weighted by Crippen LogP contribution is -2.16. The first kappa shape index (κ1) is 13.8. The molecule has 2 aromatic rings. The average molecular weight is 395 g/mol. The predicted octanol–water partition coefficient (Wildman–Crippen LogP) is 5.82. The number of hydrogen-bond acceptors (Lipinski definition) is 2. The summed E-state index contributed by atoms with van der Waals surface area (Å²) in [5.41, 5.74) is 2.72. The van der Waals surface area contributed by atoms with E-state index in [0.29, 0.717) is 0 Å². The number of hydrogen-bond donors (Lipinski definition) is 0. The van der Waals surface area contributed by atoms with Gasteiger partial charge in [-0.1, -0.05) is 54.1 Å². The first-order valence-electron chi connectivity index (χ1n) is 6.26. The minimum absolute atomic E-state index is 0.420. The number of halogens is 2. The Kier molecular flexibility index (Phi) is 3.65. The Morgan fingerprint density at radius 1 is 1.00 bits per heavy atom. The highest BCUT2D eigenvalue weighted by Crippen LogP contribution is 2.47. The monoisotopic (exact) mass is 394 g/mol. The predicted molar refractivity (Wildman–Crippen MR) is 91.0 cm³/mol. The minimum atomic E-state index is -0.420. The van der Waals surface area contributed by atoms with Gasteiger partial charge >= 0.3 is 0 Å². The van der Waals surface area contributed by atoms with Gasteiger partial charge in [0.1, 0.15) is 11.2 Å². The van der Waals surface area contributed by atoms with Crippen molar-refractivity contribution in [2.45, 2.75) is 12.5 Å². The largest absolute Gasteiger partial charge is 0.172 e. The van der Waals surface area contributed by atoms with Crippen LogP contribution < -0.4 is 0 Å². The summed E-state index contributed by atoms with van der Waals surface area (Å²) in [7, 11) is 0. The molecule has 0 amide bonds. The molecule has 0 radical (unpaired) electrons. The topological polar surface area (TPSA) is 24.7 Å². The average Bonchev–Trinajstić information content (AvgIpc) is 2.78. The lowest BCUT2D eigenvalue weighted by Gasteiger charge is -2.20. The smallest absolute Gasteiger partial charge is 0.137 e. The van der Waals surface area contributed by atoms with Gasteiger partial charge in [-0.3, -0.25) is 0 Å². The van der Waals surface area contributed by atoms with Gasteiger partial charge in [-0.25, -0.2) is 0 Å². The van der Waals surface area contributed by atoms with Gasteiger partial charge in [-0.2, -0.15) is 10.2 Å². The zero-order chi connectivity index (χ0) is 14.2. The van der Waals surface area contributed by atoms with Gasteiger partial charge in [-0.05, 0) is 47.2 Å². The highest BCUT2D eigenvalue weighted by atomic mass is 127. The molecule has 0 N–H and O–H groups in total. The number of benzene rings is 2. The lowest BCUT2D eigenvalue weighted by molar-refractivity contribution is 0.617. The molecule has 0 aliphatic carbocycles. The van der Waals surface area contributed by atoms with Crippen molar-refractivity contribution in [3.8, 4) is 0 Å². The van der Waals surface area contributed by atoms with E-state index in [9.17, 15) is 0 Å². The van der Waals surface area contributed by atoms with Crippen LogP contribution in [-0.4, -0.2) is 0 Å². The molecular formula is C16H12ClIN2. The van der Waals surface area contributed by atoms with E-state index >= 15 is 0 Å². The van der Waals surface area contributed by atoms with Crippen LogP contribution in [0.25, 0.3) is 5.70 Å². The van der Waals surface area contributed by atoms with Crippen LogP contribution in [0.15, 0.2) is 68.4 Å². The molecule has 2 nitrogen and oxygen atoms in total. The first-order valence-corrected chi connectivity index (χ1v) is 7.71. The van der Waals surface area contributed by atoms with E-state index in [1.54, 1.807) is 0 Å². The number of azo groups is 1. The maximum Gasteiger partial charge on any atom is 0.137 e. The zero-order valence-corrected chi connectivity index (χ0v) is 13.8. The van der Waals surface area contributed by atoms with Gasteiger partial charge in [0.15, 0.2) is 0 Å². The summed E-state index contributed by atoms with van der Waals surface area (Å²) in [5, 5.41) is 9.64. The summed E-state index contributed by atoms with van der Waals surface area (Å²) in [5.74, 6) is 0. The molecule has 0 aromatic heterocycles. The van der Waals surface area contributed by atoms with Crippen LogP contribution in [0.1, 0.15) is 18.1 Å². The molecule has 0 saturated heterocycles. The Morgan fingerprint density at radius 3 is 2.30 bits per heavy atom. The summed E-state index contributed by atoms with van der Waals surface area (Å²) < 4.78 is 1.13. The molecule has 1 atom stereocenters. The third-order valence-electron chi connectivity index (χ3n) is 3.44. The van der Waals surface area contributed by atoms with Crippen molar-refractivity contribution in [2.24, 2.45) is 10.2 Å². The van der Waals surface area contributed by atoms with Crippen molar-refractivity contribution in [3.05, 3.63) is 74.3 Å². The fourth-order valence-corrected chi connectivity index (χ4v) is 3.17. The molecule has 0 spiro atoms. The Hall–Kier alpha value is -1.20. The molecule has 4 heteroatoms. The summed E-state index contributed by atoms with van der Waals surface area (Å²) >= 11 is 8.30.